The molecule has 1 amide bonds. The Morgan fingerprint density at radius 3 is 2.40 bits per heavy atom. The molecule has 0 radical (unpaired) electrons. The highest BCUT2D eigenvalue weighted by molar-refractivity contribution is 5.77. The van der Waals surface area contributed by atoms with Crippen molar-refractivity contribution in [3.8, 4) is 17.2 Å². The zero-order valence-electron chi connectivity index (χ0n) is 14.6. The molecule has 1 N–H and O–H groups in total. The fourth-order valence-corrected chi connectivity index (χ4v) is 2.26. The lowest BCUT2D eigenvalue weighted by atomic mass is 10.1. The molecule has 0 aromatic heterocycles. The fraction of sp³-hybridized carbons (Fsp3) is 0.250. The van der Waals surface area contributed by atoms with Gasteiger partial charge < -0.3 is 19.5 Å². The summed E-state index contributed by atoms with van der Waals surface area (Å²) < 4.78 is 16.0. The minimum absolute atomic E-state index is 0.0761. The maximum absolute atomic E-state index is 12.0. The van der Waals surface area contributed by atoms with E-state index in [-0.39, 0.29) is 12.5 Å². The zero-order valence-corrected chi connectivity index (χ0v) is 14.6. The molecule has 2 rings (SSSR count). The van der Waals surface area contributed by atoms with Crippen molar-refractivity contribution in [2.75, 3.05) is 20.8 Å². The minimum atomic E-state index is -0.201. The Balaban J connectivity index is 1.85. The number of rotatable bonds is 9. The van der Waals surface area contributed by atoms with Crippen LogP contribution in [0.3, 0.4) is 0 Å². The summed E-state index contributed by atoms with van der Waals surface area (Å²) in [5.41, 5.74) is 2.06. The van der Waals surface area contributed by atoms with E-state index in [9.17, 15) is 4.79 Å². The Bertz CT molecular complexity index is 710. The maximum atomic E-state index is 12.0. The number of amides is 1. The molecule has 0 saturated carbocycles. The first kappa shape index (κ1) is 18.4. The lowest BCUT2D eigenvalue weighted by Crippen LogP contribution is -2.28. The van der Waals surface area contributed by atoms with E-state index in [1.165, 1.54) is 0 Å². The normalized spacial score (nSPS) is 10.0. The number of methoxy groups -OCH3 is 2. The van der Waals surface area contributed by atoms with Gasteiger partial charge in [0.2, 0.25) is 0 Å². The van der Waals surface area contributed by atoms with Gasteiger partial charge in [0.1, 0.15) is 5.75 Å². The highest BCUT2D eigenvalue weighted by Crippen LogP contribution is 2.28. The average Bonchev–Trinajstić information content (AvgIpc) is 2.65. The van der Waals surface area contributed by atoms with E-state index in [0.29, 0.717) is 18.0 Å². The van der Waals surface area contributed by atoms with Crippen LogP contribution in [0.15, 0.2) is 55.1 Å². The van der Waals surface area contributed by atoms with E-state index in [1.807, 2.05) is 42.5 Å². The van der Waals surface area contributed by atoms with Crippen LogP contribution < -0.4 is 19.5 Å². The second-order valence-electron chi connectivity index (χ2n) is 5.39. The maximum Gasteiger partial charge on any atom is 0.258 e. The molecule has 0 spiro atoms. The fourth-order valence-electron chi connectivity index (χ4n) is 2.26. The monoisotopic (exact) mass is 341 g/mol. The van der Waals surface area contributed by atoms with Gasteiger partial charge in [0.25, 0.3) is 5.91 Å². The third-order valence-corrected chi connectivity index (χ3v) is 3.62. The molecule has 0 saturated heterocycles. The molecule has 0 bridgehead atoms. The van der Waals surface area contributed by atoms with E-state index < -0.39 is 0 Å². The van der Waals surface area contributed by atoms with Crippen molar-refractivity contribution in [1.29, 1.82) is 0 Å². The van der Waals surface area contributed by atoms with Gasteiger partial charge in [0.15, 0.2) is 18.1 Å². The van der Waals surface area contributed by atoms with Crippen molar-refractivity contribution in [3.05, 3.63) is 66.2 Å². The van der Waals surface area contributed by atoms with Crippen molar-refractivity contribution in [2.24, 2.45) is 0 Å². The summed E-state index contributed by atoms with van der Waals surface area (Å²) in [5.74, 6) is 1.72. The summed E-state index contributed by atoms with van der Waals surface area (Å²) in [5, 5.41) is 2.82. The predicted molar refractivity (Wildman–Crippen MR) is 97.2 cm³/mol. The summed E-state index contributed by atoms with van der Waals surface area (Å²) in [6.07, 6.45) is 2.57. The standard InChI is InChI=1S/C20H23NO4/c1-4-5-15-8-11-18(19(12-15)24-3)25-14-20(22)21-13-16-6-9-17(23-2)10-7-16/h4,6-12H,1,5,13-14H2,2-3H3,(H,21,22). The molecule has 0 heterocycles. The summed E-state index contributed by atoms with van der Waals surface area (Å²) in [4.78, 5) is 12.0. The summed E-state index contributed by atoms with van der Waals surface area (Å²) in [6, 6.07) is 13.1. The number of carbonyl (C=O) groups is 1. The number of allylic oxidation sites excluding steroid dienone is 1. The Kier molecular flexibility index (Phi) is 6.89. The molecule has 0 fully saturated rings. The molecule has 2 aromatic rings. The molecule has 2 aromatic carbocycles. The molecule has 25 heavy (non-hydrogen) atoms. The molecular formula is C20H23NO4. The van der Waals surface area contributed by atoms with E-state index in [2.05, 4.69) is 11.9 Å². The van der Waals surface area contributed by atoms with Crippen LogP contribution in [0.2, 0.25) is 0 Å². The van der Waals surface area contributed by atoms with Crippen molar-refractivity contribution in [1.82, 2.24) is 5.32 Å². The Morgan fingerprint density at radius 2 is 1.76 bits per heavy atom. The van der Waals surface area contributed by atoms with E-state index in [1.54, 1.807) is 20.3 Å². The summed E-state index contributed by atoms with van der Waals surface area (Å²) in [7, 11) is 3.19. The van der Waals surface area contributed by atoms with Crippen LogP contribution in [0.5, 0.6) is 17.2 Å². The lowest BCUT2D eigenvalue weighted by Gasteiger charge is -2.12. The second-order valence-corrected chi connectivity index (χ2v) is 5.39. The van der Waals surface area contributed by atoms with Crippen LogP contribution >= 0.6 is 0 Å². The van der Waals surface area contributed by atoms with Gasteiger partial charge in [-0.15, -0.1) is 6.58 Å². The van der Waals surface area contributed by atoms with Crippen LogP contribution in [-0.2, 0) is 17.8 Å². The largest absolute Gasteiger partial charge is 0.497 e. The van der Waals surface area contributed by atoms with Crippen LogP contribution in [0, 0.1) is 0 Å². The Morgan fingerprint density at radius 1 is 1.04 bits per heavy atom. The van der Waals surface area contributed by atoms with Crippen molar-refractivity contribution in [3.63, 3.8) is 0 Å². The molecule has 0 aliphatic heterocycles. The highest BCUT2D eigenvalue weighted by atomic mass is 16.5. The first-order chi connectivity index (χ1) is 12.2. The Hall–Kier alpha value is -2.95. The molecule has 132 valence electrons. The second kappa shape index (κ2) is 9.37. The molecule has 5 nitrogen and oxygen atoms in total. The third-order valence-electron chi connectivity index (χ3n) is 3.62. The number of benzene rings is 2. The molecule has 0 atom stereocenters. The molecule has 0 aliphatic rings. The SMILES string of the molecule is C=CCc1ccc(OCC(=O)NCc2ccc(OC)cc2)c(OC)c1. The Labute approximate surface area is 148 Å². The summed E-state index contributed by atoms with van der Waals surface area (Å²) in [6.45, 7) is 4.07. The van der Waals surface area contributed by atoms with Gasteiger partial charge in [0, 0.05) is 6.54 Å². The quantitative estimate of drug-likeness (QED) is 0.712. The molecule has 0 aliphatic carbocycles. The minimum Gasteiger partial charge on any atom is -0.497 e. The number of hydrogen-bond donors (Lipinski definition) is 1. The highest BCUT2D eigenvalue weighted by Gasteiger charge is 2.08. The van der Waals surface area contributed by atoms with E-state index in [0.717, 1.165) is 23.3 Å². The van der Waals surface area contributed by atoms with Crippen LogP contribution in [0.25, 0.3) is 0 Å². The van der Waals surface area contributed by atoms with Gasteiger partial charge in [-0.3, -0.25) is 4.79 Å². The van der Waals surface area contributed by atoms with Crippen LogP contribution in [-0.4, -0.2) is 26.7 Å². The number of hydrogen-bond acceptors (Lipinski definition) is 4. The van der Waals surface area contributed by atoms with Crippen molar-refractivity contribution >= 4 is 5.91 Å². The molecule has 0 unspecified atom stereocenters. The van der Waals surface area contributed by atoms with Crippen molar-refractivity contribution in [2.45, 2.75) is 13.0 Å². The van der Waals surface area contributed by atoms with Gasteiger partial charge in [0.05, 0.1) is 14.2 Å². The van der Waals surface area contributed by atoms with Crippen molar-refractivity contribution < 1.29 is 19.0 Å². The topological polar surface area (TPSA) is 56.8 Å². The van der Waals surface area contributed by atoms with Gasteiger partial charge >= 0.3 is 0 Å². The zero-order chi connectivity index (χ0) is 18.1. The van der Waals surface area contributed by atoms with E-state index >= 15 is 0 Å². The van der Waals surface area contributed by atoms with Gasteiger partial charge in [-0.1, -0.05) is 24.3 Å². The summed E-state index contributed by atoms with van der Waals surface area (Å²) >= 11 is 0. The predicted octanol–water partition coefficient (Wildman–Crippen LogP) is 3.13. The van der Waals surface area contributed by atoms with Gasteiger partial charge in [-0.05, 0) is 41.8 Å². The van der Waals surface area contributed by atoms with Gasteiger partial charge in [-0.2, -0.15) is 0 Å². The smallest absolute Gasteiger partial charge is 0.258 e. The number of ether oxygens (including phenoxy) is 3. The first-order valence-corrected chi connectivity index (χ1v) is 7.96. The first-order valence-electron chi connectivity index (χ1n) is 7.96. The average molecular weight is 341 g/mol. The number of carbonyl (C=O) groups excluding carboxylic acids is 1. The lowest BCUT2D eigenvalue weighted by molar-refractivity contribution is -0.123. The molecular weight excluding hydrogens is 318 g/mol. The third kappa shape index (κ3) is 5.57. The molecule has 5 heteroatoms. The van der Waals surface area contributed by atoms with Gasteiger partial charge in [-0.25, -0.2) is 0 Å². The van der Waals surface area contributed by atoms with Crippen LogP contribution in [0.4, 0.5) is 0 Å². The number of nitrogens with one attached hydrogen (secondary N) is 1. The van der Waals surface area contributed by atoms with Crippen LogP contribution in [0.1, 0.15) is 11.1 Å². The van der Waals surface area contributed by atoms with E-state index in [4.69, 9.17) is 14.2 Å².